The molecule has 0 radical (unpaired) electrons. The molecule has 3 rings (SSSR count). The van der Waals surface area contributed by atoms with Crippen molar-refractivity contribution < 1.29 is 14.3 Å². The summed E-state index contributed by atoms with van der Waals surface area (Å²) in [6, 6.07) is 13.7. The number of carbonyl (C=O) groups is 1. The zero-order chi connectivity index (χ0) is 19.9. The van der Waals surface area contributed by atoms with Crippen LogP contribution in [0.15, 0.2) is 42.5 Å². The van der Waals surface area contributed by atoms with Gasteiger partial charge in [-0.1, -0.05) is 18.2 Å². The zero-order valence-corrected chi connectivity index (χ0v) is 16.7. The van der Waals surface area contributed by atoms with E-state index in [-0.39, 0.29) is 5.91 Å². The van der Waals surface area contributed by atoms with Gasteiger partial charge in [0.15, 0.2) is 0 Å². The number of aryl methyl sites for hydroxylation is 1. The molecule has 0 bridgehead atoms. The fraction of sp³-hybridized carbons (Fsp3) is 0.409. The van der Waals surface area contributed by atoms with Crippen LogP contribution in [0.2, 0.25) is 0 Å². The molecule has 1 fully saturated rings. The summed E-state index contributed by atoms with van der Waals surface area (Å²) in [6.45, 7) is 4.04. The Kier molecular flexibility index (Phi) is 6.76. The van der Waals surface area contributed by atoms with Gasteiger partial charge >= 0.3 is 0 Å². The summed E-state index contributed by atoms with van der Waals surface area (Å²) >= 11 is 0. The number of piperazine rings is 1. The second kappa shape index (κ2) is 9.46. The van der Waals surface area contributed by atoms with Crippen molar-refractivity contribution in [2.24, 2.45) is 0 Å². The van der Waals surface area contributed by atoms with Crippen LogP contribution in [0, 0.1) is 0 Å². The smallest absolute Gasteiger partial charge is 0.222 e. The number of methoxy groups -OCH3 is 2. The number of nitrogens with zero attached hydrogens (tertiary/aromatic N) is 2. The van der Waals surface area contributed by atoms with Crippen LogP contribution in [0.3, 0.4) is 0 Å². The molecular weight excluding hydrogens is 354 g/mol. The highest BCUT2D eigenvalue weighted by molar-refractivity contribution is 5.76. The van der Waals surface area contributed by atoms with Gasteiger partial charge in [-0.15, -0.1) is 0 Å². The van der Waals surface area contributed by atoms with Gasteiger partial charge in [-0.25, -0.2) is 0 Å². The average Bonchev–Trinajstić information content (AvgIpc) is 2.73. The minimum Gasteiger partial charge on any atom is -0.497 e. The number of rotatable bonds is 7. The molecule has 2 aromatic carbocycles. The Labute approximate surface area is 166 Å². The number of carbonyl (C=O) groups excluding carboxylic acids is 1. The van der Waals surface area contributed by atoms with E-state index in [9.17, 15) is 4.79 Å². The Morgan fingerprint density at radius 1 is 1.00 bits per heavy atom. The van der Waals surface area contributed by atoms with Crippen LogP contribution in [-0.2, 0) is 17.8 Å². The Bertz CT molecular complexity index is 779. The largest absolute Gasteiger partial charge is 0.497 e. The van der Waals surface area contributed by atoms with Gasteiger partial charge in [0.25, 0.3) is 0 Å². The molecule has 0 saturated carbocycles. The Hall–Kier alpha value is -2.73. The molecule has 0 unspecified atom stereocenters. The molecule has 1 saturated heterocycles. The molecule has 2 aromatic rings. The summed E-state index contributed by atoms with van der Waals surface area (Å²) in [5.41, 5.74) is 8.92. The lowest BCUT2D eigenvalue weighted by Crippen LogP contribution is -2.48. The van der Waals surface area contributed by atoms with Crippen molar-refractivity contribution >= 4 is 11.6 Å². The van der Waals surface area contributed by atoms with Crippen LogP contribution in [0.25, 0.3) is 0 Å². The normalized spacial score (nSPS) is 14.7. The van der Waals surface area contributed by atoms with Crippen molar-refractivity contribution in [3.05, 3.63) is 53.6 Å². The third-order valence-corrected chi connectivity index (χ3v) is 5.21. The van der Waals surface area contributed by atoms with Crippen molar-refractivity contribution in [3.8, 4) is 11.5 Å². The maximum Gasteiger partial charge on any atom is 0.222 e. The summed E-state index contributed by atoms with van der Waals surface area (Å²) < 4.78 is 10.7. The average molecular weight is 383 g/mol. The molecule has 1 heterocycles. The predicted octanol–water partition coefficient (Wildman–Crippen LogP) is 2.56. The van der Waals surface area contributed by atoms with E-state index in [1.54, 1.807) is 14.2 Å². The van der Waals surface area contributed by atoms with E-state index in [4.69, 9.17) is 15.2 Å². The first kappa shape index (κ1) is 20.0. The van der Waals surface area contributed by atoms with Crippen LogP contribution in [0.1, 0.15) is 17.5 Å². The van der Waals surface area contributed by atoms with Crippen LogP contribution in [-0.4, -0.2) is 56.1 Å². The van der Waals surface area contributed by atoms with E-state index < -0.39 is 0 Å². The quantitative estimate of drug-likeness (QED) is 0.745. The second-order valence-corrected chi connectivity index (χ2v) is 7.08. The number of anilines is 1. The van der Waals surface area contributed by atoms with Crippen LogP contribution in [0.4, 0.5) is 5.69 Å². The molecule has 1 aliphatic heterocycles. The van der Waals surface area contributed by atoms with Crippen LogP contribution in [0.5, 0.6) is 11.5 Å². The van der Waals surface area contributed by atoms with Gasteiger partial charge in [-0.2, -0.15) is 0 Å². The Morgan fingerprint density at radius 3 is 2.25 bits per heavy atom. The van der Waals surface area contributed by atoms with Gasteiger partial charge in [-0.3, -0.25) is 9.69 Å². The number of hydrogen-bond acceptors (Lipinski definition) is 5. The van der Waals surface area contributed by atoms with Gasteiger partial charge in [0.05, 0.1) is 14.2 Å². The van der Waals surface area contributed by atoms with Gasteiger partial charge < -0.3 is 20.1 Å². The third kappa shape index (κ3) is 5.16. The minimum absolute atomic E-state index is 0.200. The van der Waals surface area contributed by atoms with Crippen molar-refractivity contribution in [2.45, 2.75) is 19.4 Å². The molecule has 1 aliphatic rings. The van der Waals surface area contributed by atoms with Crippen molar-refractivity contribution in [1.82, 2.24) is 9.80 Å². The molecule has 0 spiro atoms. The van der Waals surface area contributed by atoms with E-state index >= 15 is 0 Å². The van der Waals surface area contributed by atoms with Crippen molar-refractivity contribution in [1.29, 1.82) is 0 Å². The van der Waals surface area contributed by atoms with Crippen LogP contribution < -0.4 is 15.2 Å². The summed E-state index contributed by atoms with van der Waals surface area (Å²) in [5.74, 6) is 1.79. The summed E-state index contributed by atoms with van der Waals surface area (Å²) in [5, 5.41) is 0. The van der Waals surface area contributed by atoms with Crippen molar-refractivity contribution in [2.75, 3.05) is 46.1 Å². The number of amides is 1. The zero-order valence-electron chi connectivity index (χ0n) is 16.7. The molecule has 0 aromatic heterocycles. The topological polar surface area (TPSA) is 68.0 Å². The summed E-state index contributed by atoms with van der Waals surface area (Å²) in [4.78, 5) is 16.9. The van der Waals surface area contributed by atoms with Gasteiger partial charge in [0.2, 0.25) is 5.91 Å². The van der Waals surface area contributed by atoms with Crippen molar-refractivity contribution in [3.63, 3.8) is 0 Å². The minimum atomic E-state index is 0.200. The lowest BCUT2D eigenvalue weighted by molar-refractivity contribution is -0.132. The lowest BCUT2D eigenvalue weighted by Gasteiger charge is -2.35. The maximum atomic E-state index is 12.5. The monoisotopic (exact) mass is 383 g/mol. The molecule has 28 heavy (non-hydrogen) atoms. The van der Waals surface area contributed by atoms with E-state index in [1.165, 1.54) is 0 Å². The molecule has 0 aliphatic carbocycles. The van der Waals surface area contributed by atoms with E-state index in [0.29, 0.717) is 12.8 Å². The second-order valence-electron chi connectivity index (χ2n) is 7.08. The van der Waals surface area contributed by atoms with E-state index in [1.807, 2.05) is 47.4 Å². The molecule has 6 heteroatoms. The lowest BCUT2D eigenvalue weighted by atomic mass is 10.1. The Balaban J connectivity index is 1.49. The van der Waals surface area contributed by atoms with Gasteiger partial charge in [0, 0.05) is 50.9 Å². The number of hydrogen-bond donors (Lipinski definition) is 1. The number of benzene rings is 2. The molecular formula is C22H29N3O3. The highest BCUT2D eigenvalue weighted by Crippen LogP contribution is 2.24. The first-order valence-corrected chi connectivity index (χ1v) is 9.64. The molecule has 2 N–H and O–H groups in total. The highest BCUT2D eigenvalue weighted by Gasteiger charge is 2.21. The maximum absolute atomic E-state index is 12.5. The SMILES string of the molecule is COc1cc(CN2CCN(C(=O)CCc3ccccc3N)CC2)cc(OC)c1. The van der Waals surface area contributed by atoms with Gasteiger partial charge in [0.1, 0.15) is 11.5 Å². The molecule has 1 amide bonds. The molecule has 6 nitrogen and oxygen atoms in total. The van der Waals surface area contributed by atoms with E-state index in [2.05, 4.69) is 4.90 Å². The highest BCUT2D eigenvalue weighted by atomic mass is 16.5. The van der Waals surface area contributed by atoms with Crippen LogP contribution >= 0.6 is 0 Å². The predicted molar refractivity (Wildman–Crippen MR) is 111 cm³/mol. The van der Waals surface area contributed by atoms with E-state index in [0.717, 1.165) is 61.0 Å². The third-order valence-electron chi connectivity index (χ3n) is 5.21. The fourth-order valence-corrected chi connectivity index (χ4v) is 3.53. The first-order chi connectivity index (χ1) is 13.6. The Morgan fingerprint density at radius 2 is 1.64 bits per heavy atom. The molecule has 0 atom stereocenters. The fourth-order valence-electron chi connectivity index (χ4n) is 3.53. The molecule has 150 valence electrons. The standard InChI is InChI=1S/C22H29N3O3/c1-27-19-13-17(14-20(15-19)28-2)16-24-9-11-25(12-10-24)22(26)8-7-18-5-3-4-6-21(18)23/h3-6,13-15H,7-12,16,23H2,1-2H3. The number of ether oxygens (including phenoxy) is 2. The number of nitrogens with two attached hydrogens (primary N) is 1. The summed E-state index contributed by atoms with van der Waals surface area (Å²) in [7, 11) is 3.32. The first-order valence-electron chi connectivity index (χ1n) is 9.64. The van der Waals surface area contributed by atoms with Gasteiger partial charge in [-0.05, 0) is 35.7 Å². The summed E-state index contributed by atoms with van der Waals surface area (Å²) in [6.07, 6.45) is 1.19. The number of para-hydroxylation sites is 1. The number of nitrogen functional groups attached to an aromatic ring is 1.